The minimum absolute atomic E-state index is 0.0238. The van der Waals surface area contributed by atoms with E-state index in [9.17, 15) is 8.42 Å². The number of benzene rings is 1. The van der Waals surface area contributed by atoms with E-state index in [1.165, 1.54) is 6.07 Å². The van der Waals surface area contributed by atoms with Crippen molar-refractivity contribution in [2.75, 3.05) is 0 Å². The van der Waals surface area contributed by atoms with E-state index < -0.39 is 10.0 Å². The van der Waals surface area contributed by atoms with Crippen molar-refractivity contribution in [1.29, 1.82) is 0 Å². The van der Waals surface area contributed by atoms with Gasteiger partial charge in [0.05, 0.1) is 0 Å². The van der Waals surface area contributed by atoms with Crippen molar-refractivity contribution in [3.63, 3.8) is 0 Å². The van der Waals surface area contributed by atoms with Gasteiger partial charge >= 0.3 is 0 Å². The largest absolute Gasteiger partial charge is 0.450 e. The predicted octanol–water partition coefficient (Wildman–Crippen LogP) is 2.57. The first-order valence-corrected chi connectivity index (χ1v) is 8.18. The molecular formula is C13H14BrNO4S. The fourth-order valence-electron chi connectivity index (χ4n) is 1.76. The molecule has 0 spiro atoms. The molecule has 20 heavy (non-hydrogen) atoms. The van der Waals surface area contributed by atoms with E-state index >= 15 is 0 Å². The molecular weight excluding hydrogens is 346 g/mol. The predicted molar refractivity (Wildman–Crippen MR) is 77.5 cm³/mol. The zero-order chi connectivity index (χ0) is 14.8. The number of nitrogens with one attached hydrogen (secondary N) is 1. The molecule has 0 bridgehead atoms. The number of aliphatic hydroxyl groups excluding tert-OH is 1. The molecule has 0 aliphatic heterocycles. The smallest absolute Gasteiger partial charge is 0.245 e. The maximum Gasteiger partial charge on any atom is 0.245 e. The summed E-state index contributed by atoms with van der Waals surface area (Å²) in [6, 6.07) is 10.2. The van der Waals surface area contributed by atoms with E-state index in [1.54, 1.807) is 6.92 Å². The first kappa shape index (κ1) is 15.2. The van der Waals surface area contributed by atoms with Crippen LogP contribution >= 0.6 is 15.9 Å². The summed E-state index contributed by atoms with van der Waals surface area (Å²) in [7, 11) is -3.73. The molecule has 2 aromatic rings. The Balaban J connectivity index is 2.25. The molecule has 0 radical (unpaired) electrons. The molecule has 0 fully saturated rings. The Bertz CT molecular complexity index is 682. The van der Waals surface area contributed by atoms with E-state index in [4.69, 9.17) is 9.52 Å². The highest BCUT2D eigenvalue weighted by atomic mass is 79.9. The van der Waals surface area contributed by atoms with Crippen LogP contribution in [-0.2, 0) is 16.6 Å². The third kappa shape index (κ3) is 3.29. The molecule has 108 valence electrons. The Morgan fingerprint density at radius 1 is 1.35 bits per heavy atom. The highest BCUT2D eigenvalue weighted by Crippen LogP contribution is 2.27. The summed E-state index contributed by atoms with van der Waals surface area (Å²) >= 11 is 3.04. The summed E-state index contributed by atoms with van der Waals surface area (Å²) in [4.78, 5) is -0.0238. The van der Waals surface area contributed by atoms with Crippen LogP contribution in [0.2, 0.25) is 0 Å². The fourth-order valence-corrected chi connectivity index (χ4v) is 3.99. The van der Waals surface area contributed by atoms with Crippen molar-refractivity contribution >= 4 is 26.0 Å². The van der Waals surface area contributed by atoms with Crippen molar-refractivity contribution in [1.82, 2.24) is 4.72 Å². The number of hydrogen-bond donors (Lipinski definition) is 2. The number of furan rings is 1. The van der Waals surface area contributed by atoms with Gasteiger partial charge in [-0.15, -0.1) is 0 Å². The van der Waals surface area contributed by atoms with Gasteiger partial charge in [-0.1, -0.05) is 30.3 Å². The molecule has 2 rings (SSSR count). The second-order valence-corrected chi connectivity index (χ2v) is 6.67. The Morgan fingerprint density at radius 3 is 2.55 bits per heavy atom. The minimum atomic E-state index is -3.73. The van der Waals surface area contributed by atoms with Crippen LogP contribution in [0, 0.1) is 0 Å². The number of aliphatic hydroxyl groups is 1. The standard InChI is InChI=1S/C13H14BrNO4S/c1-9(10-5-3-2-4-6-10)15-20(17,18)12-7-11(8-16)19-13(12)14/h2-7,9,15-16H,8H2,1H3. The third-order valence-electron chi connectivity index (χ3n) is 2.78. The third-order valence-corrected chi connectivity index (χ3v) is 5.18. The fraction of sp³-hybridized carbons (Fsp3) is 0.231. The van der Waals surface area contributed by atoms with E-state index in [2.05, 4.69) is 20.7 Å². The van der Waals surface area contributed by atoms with Gasteiger partial charge in [0.1, 0.15) is 17.3 Å². The van der Waals surface area contributed by atoms with Gasteiger partial charge in [0, 0.05) is 12.1 Å². The lowest BCUT2D eigenvalue weighted by Gasteiger charge is -2.13. The van der Waals surface area contributed by atoms with E-state index in [0.29, 0.717) is 0 Å². The molecule has 5 nitrogen and oxygen atoms in total. The molecule has 0 amide bonds. The molecule has 0 saturated heterocycles. The minimum Gasteiger partial charge on any atom is -0.450 e. The van der Waals surface area contributed by atoms with Crippen LogP contribution in [0.4, 0.5) is 0 Å². The second kappa shape index (κ2) is 6.09. The lowest BCUT2D eigenvalue weighted by atomic mass is 10.1. The van der Waals surface area contributed by atoms with Gasteiger partial charge in [-0.3, -0.25) is 0 Å². The van der Waals surface area contributed by atoms with E-state index in [0.717, 1.165) is 5.56 Å². The van der Waals surface area contributed by atoms with Crippen LogP contribution in [0.1, 0.15) is 24.3 Å². The first-order valence-electron chi connectivity index (χ1n) is 5.90. The van der Waals surface area contributed by atoms with Crippen LogP contribution in [0.25, 0.3) is 0 Å². The maximum absolute atomic E-state index is 12.3. The molecule has 1 atom stereocenters. The van der Waals surface area contributed by atoms with Crippen molar-refractivity contribution < 1.29 is 17.9 Å². The summed E-state index contributed by atoms with van der Waals surface area (Å²) in [5, 5.41) is 8.97. The SMILES string of the molecule is CC(NS(=O)(=O)c1cc(CO)oc1Br)c1ccccc1. The molecule has 1 aromatic carbocycles. The molecule has 0 aliphatic rings. The molecule has 0 saturated carbocycles. The molecule has 1 unspecified atom stereocenters. The van der Waals surface area contributed by atoms with E-state index in [1.807, 2.05) is 30.3 Å². The Labute approximate surface area is 125 Å². The highest BCUT2D eigenvalue weighted by molar-refractivity contribution is 9.10. The van der Waals surface area contributed by atoms with Crippen LogP contribution in [0.5, 0.6) is 0 Å². The maximum atomic E-state index is 12.3. The lowest BCUT2D eigenvalue weighted by Crippen LogP contribution is -2.26. The second-order valence-electron chi connectivity index (χ2n) is 4.26. The summed E-state index contributed by atoms with van der Waals surface area (Å²) in [5.74, 6) is 0.185. The summed E-state index contributed by atoms with van der Waals surface area (Å²) in [6.07, 6.45) is 0. The summed E-state index contributed by atoms with van der Waals surface area (Å²) in [6.45, 7) is 1.40. The Kier molecular flexibility index (Phi) is 4.64. The average molecular weight is 360 g/mol. The summed E-state index contributed by atoms with van der Waals surface area (Å²) in [5.41, 5.74) is 0.859. The number of hydrogen-bond acceptors (Lipinski definition) is 4. The lowest BCUT2D eigenvalue weighted by molar-refractivity contribution is 0.245. The zero-order valence-corrected chi connectivity index (χ0v) is 13.1. The van der Waals surface area contributed by atoms with Crippen LogP contribution in [0.15, 0.2) is 50.4 Å². The Morgan fingerprint density at radius 2 is 2.00 bits per heavy atom. The zero-order valence-electron chi connectivity index (χ0n) is 10.7. The van der Waals surface area contributed by atoms with Crippen molar-refractivity contribution in [3.05, 3.63) is 52.4 Å². The van der Waals surface area contributed by atoms with Gasteiger partial charge < -0.3 is 9.52 Å². The van der Waals surface area contributed by atoms with E-state index in [-0.39, 0.29) is 28.0 Å². The van der Waals surface area contributed by atoms with Crippen molar-refractivity contribution in [2.24, 2.45) is 0 Å². The molecule has 1 heterocycles. The molecule has 2 N–H and O–H groups in total. The van der Waals surface area contributed by atoms with Crippen LogP contribution < -0.4 is 4.72 Å². The van der Waals surface area contributed by atoms with Crippen LogP contribution in [0.3, 0.4) is 0 Å². The number of sulfonamides is 1. The van der Waals surface area contributed by atoms with Gasteiger partial charge in [0.15, 0.2) is 4.67 Å². The van der Waals surface area contributed by atoms with Crippen molar-refractivity contribution in [2.45, 2.75) is 24.5 Å². The molecule has 0 aliphatic carbocycles. The summed E-state index contributed by atoms with van der Waals surface area (Å²) < 4.78 is 32.3. The average Bonchev–Trinajstić information content (AvgIpc) is 2.81. The van der Waals surface area contributed by atoms with Gasteiger partial charge in [-0.2, -0.15) is 0 Å². The number of rotatable bonds is 5. The monoisotopic (exact) mass is 359 g/mol. The number of halogens is 1. The van der Waals surface area contributed by atoms with Gasteiger partial charge in [0.25, 0.3) is 0 Å². The highest BCUT2D eigenvalue weighted by Gasteiger charge is 2.24. The van der Waals surface area contributed by atoms with Crippen molar-refractivity contribution in [3.8, 4) is 0 Å². The Hall–Kier alpha value is -1.15. The van der Waals surface area contributed by atoms with Crippen LogP contribution in [-0.4, -0.2) is 13.5 Å². The van der Waals surface area contributed by atoms with Gasteiger partial charge in [-0.05, 0) is 28.4 Å². The molecule has 1 aromatic heterocycles. The van der Waals surface area contributed by atoms with Gasteiger partial charge in [-0.25, -0.2) is 13.1 Å². The first-order chi connectivity index (χ1) is 9.44. The van der Waals surface area contributed by atoms with Gasteiger partial charge in [0.2, 0.25) is 10.0 Å². The quantitative estimate of drug-likeness (QED) is 0.859. The topological polar surface area (TPSA) is 79.5 Å². The molecule has 7 heteroatoms. The normalized spacial score (nSPS) is 13.3.